The Morgan fingerprint density at radius 3 is 2.36 bits per heavy atom. The molecule has 3 rings (SSSR count). The van der Waals surface area contributed by atoms with E-state index >= 15 is 0 Å². The monoisotopic (exact) mass is 194 g/mol. The van der Waals surface area contributed by atoms with Crippen LogP contribution in [-0.4, -0.2) is 12.1 Å². The summed E-state index contributed by atoms with van der Waals surface area (Å²) in [4.78, 5) is 11.4. The molecule has 3 aliphatic rings. The van der Waals surface area contributed by atoms with Crippen LogP contribution in [0.5, 0.6) is 0 Å². The smallest absolute Gasteiger partial charge is 0.333 e. The van der Waals surface area contributed by atoms with Gasteiger partial charge in [0.1, 0.15) is 6.10 Å². The number of hydrogen-bond donors (Lipinski definition) is 0. The summed E-state index contributed by atoms with van der Waals surface area (Å²) < 4.78 is 5.45. The van der Waals surface area contributed by atoms with Crippen molar-refractivity contribution in [3.05, 3.63) is 12.2 Å². The third-order valence-electron chi connectivity index (χ3n) is 3.59. The van der Waals surface area contributed by atoms with Gasteiger partial charge in [0, 0.05) is 5.57 Å². The second-order valence-electron chi connectivity index (χ2n) is 4.74. The van der Waals surface area contributed by atoms with E-state index in [9.17, 15) is 4.79 Å². The SMILES string of the molecule is C=C(C)C(=O)OC1CC2CCC1CC2. The van der Waals surface area contributed by atoms with Gasteiger partial charge in [-0.2, -0.15) is 0 Å². The van der Waals surface area contributed by atoms with E-state index in [0.29, 0.717) is 11.5 Å². The lowest BCUT2D eigenvalue weighted by atomic mass is 9.69. The summed E-state index contributed by atoms with van der Waals surface area (Å²) in [6.07, 6.45) is 6.45. The standard InChI is InChI=1S/C12H18O2/c1-8(2)12(13)14-11-7-9-3-5-10(11)6-4-9/h9-11H,1,3-7H2,2H3. The fourth-order valence-electron chi connectivity index (χ4n) is 2.70. The van der Waals surface area contributed by atoms with E-state index in [1.807, 2.05) is 0 Å². The van der Waals surface area contributed by atoms with Crippen LogP contribution >= 0.6 is 0 Å². The van der Waals surface area contributed by atoms with Gasteiger partial charge in [-0.25, -0.2) is 4.79 Å². The number of carbonyl (C=O) groups excluding carboxylic acids is 1. The van der Waals surface area contributed by atoms with E-state index in [4.69, 9.17) is 4.74 Å². The highest BCUT2D eigenvalue weighted by molar-refractivity contribution is 5.87. The van der Waals surface area contributed by atoms with E-state index in [1.165, 1.54) is 25.7 Å². The molecule has 2 heteroatoms. The second-order valence-corrected chi connectivity index (χ2v) is 4.74. The first-order valence-electron chi connectivity index (χ1n) is 5.53. The molecule has 0 aliphatic heterocycles. The van der Waals surface area contributed by atoms with Gasteiger partial charge in [-0.1, -0.05) is 6.58 Å². The summed E-state index contributed by atoms with van der Waals surface area (Å²) in [6.45, 7) is 5.32. The Labute approximate surface area is 85.3 Å². The van der Waals surface area contributed by atoms with E-state index in [2.05, 4.69) is 6.58 Å². The van der Waals surface area contributed by atoms with E-state index in [1.54, 1.807) is 6.92 Å². The fourth-order valence-corrected chi connectivity index (χ4v) is 2.70. The molecule has 0 aromatic carbocycles. The molecule has 3 fully saturated rings. The number of ether oxygens (including phenoxy) is 1. The lowest BCUT2D eigenvalue weighted by Crippen LogP contribution is -2.38. The number of carbonyl (C=O) groups is 1. The zero-order valence-corrected chi connectivity index (χ0v) is 8.79. The van der Waals surface area contributed by atoms with Crippen LogP contribution in [0.1, 0.15) is 39.0 Å². The predicted molar refractivity (Wildman–Crippen MR) is 54.8 cm³/mol. The molecule has 0 amide bonds. The Morgan fingerprint density at radius 1 is 1.29 bits per heavy atom. The molecule has 3 saturated carbocycles. The van der Waals surface area contributed by atoms with Crippen LogP contribution in [0, 0.1) is 11.8 Å². The Bertz CT molecular complexity index is 249. The molecular formula is C12H18O2. The molecule has 0 radical (unpaired) electrons. The average Bonchev–Trinajstić information content (AvgIpc) is 2.19. The van der Waals surface area contributed by atoms with Gasteiger partial charge in [-0.15, -0.1) is 0 Å². The minimum absolute atomic E-state index is 0.187. The molecule has 78 valence electrons. The number of fused-ring (bicyclic) bond motifs is 3. The Hall–Kier alpha value is -0.790. The van der Waals surface area contributed by atoms with E-state index < -0.39 is 0 Å². The largest absolute Gasteiger partial charge is 0.459 e. The van der Waals surface area contributed by atoms with E-state index in [-0.39, 0.29) is 12.1 Å². The summed E-state index contributed by atoms with van der Waals surface area (Å²) in [7, 11) is 0. The van der Waals surface area contributed by atoms with Gasteiger partial charge < -0.3 is 4.74 Å². The van der Waals surface area contributed by atoms with Crippen LogP contribution in [0.25, 0.3) is 0 Å². The van der Waals surface area contributed by atoms with Crippen molar-refractivity contribution < 1.29 is 9.53 Å². The average molecular weight is 194 g/mol. The van der Waals surface area contributed by atoms with Crippen LogP contribution in [-0.2, 0) is 9.53 Å². The van der Waals surface area contributed by atoms with Crippen molar-refractivity contribution in [1.29, 1.82) is 0 Å². The zero-order valence-electron chi connectivity index (χ0n) is 8.79. The van der Waals surface area contributed by atoms with Crippen LogP contribution in [0.4, 0.5) is 0 Å². The molecule has 0 saturated heterocycles. The molecule has 0 aromatic rings. The molecule has 0 N–H and O–H groups in total. The zero-order chi connectivity index (χ0) is 10.1. The topological polar surface area (TPSA) is 26.3 Å². The minimum Gasteiger partial charge on any atom is -0.459 e. The van der Waals surface area contributed by atoms with Gasteiger partial charge in [0.25, 0.3) is 0 Å². The minimum atomic E-state index is -0.206. The van der Waals surface area contributed by atoms with Crippen LogP contribution in [0.15, 0.2) is 12.2 Å². The first-order valence-corrected chi connectivity index (χ1v) is 5.53. The summed E-state index contributed by atoms with van der Waals surface area (Å²) in [5, 5.41) is 0. The lowest BCUT2D eigenvalue weighted by Gasteiger charge is -2.41. The van der Waals surface area contributed by atoms with Gasteiger partial charge in [0.15, 0.2) is 0 Å². The number of esters is 1. The number of rotatable bonds is 2. The van der Waals surface area contributed by atoms with Crippen molar-refractivity contribution in [1.82, 2.24) is 0 Å². The maximum absolute atomic E-state index is 11.4. The van der Waals surface area contributed by atoms with Crippen LogP contribution in [0.3, 0.4) is 0 Å². The first-order chi connectivity index (χ1) is 6.66. The van der Waals surface area contributed by atoms with Gasteiger partial charge >= 0.3 is 5.97 Å². The summed E-state index contributed by atoms with van der Waals surface area (Å²) >= 11 is 0. The normalized spacial score (nSPS) is 35.4. The van der Waals surface area contributed by atoms with Crippen molar-refractivity contribution in [2.75, 3.05) is 0 Å². The molecule has 2 nitrogen and oxygen atoms in total. The molecule has 2 bridgehead atoms. The van der Waals surface area contributed by atoms with Crippen molar-refractivity contribution in [3.63, 3.8) is 0 Å². The Morgan fingerprint density at radius 2 is 1.93 bits per heavy atom. The maximum atomic E-state index is 11.4. The van der Waals surface area contributed by atoms with Crippen molar-refractivity contribution in [2.24, 2.45) is 11.8 Å². The van der Waals surface area contributed by atoms with Crippen molar-refractivity contribution >= 4 is 5.97 Å². The lowest BCUT2D eigenvalue weighted by molar-refractivity contribution is -0.152. The third kappa shape index (κ3) is 1.84. The quantitative estimate of drug-likeness (QED) is 0.499. The molecule has 1 unspecified atom stereocenters. The van der Waals surface area contributed by atoms with Crippen LogP contribution < -0.4 is 0 Å². The molecule has 0 aromatic heterocycles. The highest BCUT2D eigenvalue weighted by atomic mass is 16.5. The molecule has 14 heavy (non-hydrogen) atoms. The molecule has 0 spiro atoms. The Balaban J connectivity index is 1.93. The Kier molecular flexibility index (Phi) is 2.62. The summed E-state index contributed by atoms with van der Waals surface area (Å²) in [5.41, 5.74) is 0.520. The van der Waals surface area contributed by atoms with Crippen molar-refractivity contribution in [3.8, 4) is 0 Å². The summed E-state index contributed by atoms with van der Waals surface area (Å²) in [5.74, 6) is 1.23. The van der Waals surface area contributed by atoms with Crippen molar-refractivity contribution in [2.45, 2.75) is 45.1 Å². The highest BCUT2D eigenvalue weighted by Gasteiger charge is 2.37. The van der Waals surface area contributed by atoms with Gasteiger partial charge in [-0.3, -0.25) is 0 Å². The van der Waals surface area contributed by atoms with E-state index in [0.717, 1.165) is 12.3 Å². The third-order valence-corrected chi connectivity index (χ3v) is 3.59. The van der Waals surface area contributed by atoms with Crippen LogP contribution in [0.2, 0.25) is 0 Å². The van der Waals surface area contributed by atoms with Gasteiger partial charge in [0.05, 0.1) is 0 Å². The highest BCUT2D eigenvalue weighted by Crippen LogP contribution is 2.42. The predicted octanol–water partition coefficient (Wildman–Crippen LogP) is 2.68. The number of hydrogen-bond acceptors (Lipinski definition) is 2. The molecule has 1 atom stereocenters. The molecule has 3 aliphatic carbocycles. The van der Waals surface area contributed by atoms with Gasteiger partial charge in [0.2, 0.25) is 0 Å². The molecule has 0 heterocycles. The second kappa shape index (κ2) is 3.76. The first kappa shape index (κ1) is 9.75. The molecular weight excluding hydrogens is 176 g/mol. The van der Waals surface area contributed by atoms with Gasteiger partial charge in [-0.05, 0) is 50.9 Å². The fraction of sp³-hybridized carbons (Fsp3) is 0.750. The summed E-state index contributed by atoms with van der Waals surface area (Å²) in [6, 6.07) is 0. The maximum Gasteiger partial charge on any atom is 0.333 e.